The number of rotatable bonds is 5. The van der Waals surface area contributed by atoms with Gasteiger partial charge in [-0.3, -0.25) is 0 Å². The second-order valence-corrected chi connectivity index (χ2v) is 6.73. The number of halogens is 1. The van der Waals surface area contributed by atoms with E-state index in [0.29, 0.717) is 17.3 Å². The van der Waals surface area contributed by atoms with E-state index in [9.17, 15) is 8.42 Å². The molecule has 0 heterocycles. The third-order valence-electron chi connectivity index (χ3n) is 2.51. The molecule has 0 aromatic heterocycles. The molecule has 17 heavy (non-hydrogen) atoms. The van der Waals surface area contributed by atoms with Gasteiger partial charge in [0.15, 0.2) is 9.84 Å². The zero-order valence-corrected chi connectivity index (χ0v) is 11.5. The van der Waals surface area contributed by atoms with Crippen LogP contribution in [0.3, 0.4) is 0 Å². The normalized spacial score (nSPS) is 11.5. The molecule has 0 aliphatic rings. The van der Waals surface area contributed by atoms with Crippen LogP contribution in [0.4, 0.5) is 11.4 Å². The molecule has 1 rings (SSSR count). The highest BCUT2D eigenvalue weighted by Crippen LogP contribution is 2.26. The van der Waals surface area contributed by atoms with Crippen LogP contribution in [0.2, 0.25) is 5.02 Å². The van der Waals surface area contributed by atoms with Crippen molar-refractivity contribution in [2.75, 3.05) is 29.1 Å². The molecule has 0 aliphatic carbocycles. The second kappa shape index (κ2) is 5.60. The van der Waals surface area contributed by atoms with E-state index in [0.717, 1.165) is 11.3 Å². The van der Waals surface area contributed by atoms with Crippen molar-refractivity contribution >= 4 is 32.8 Å². The summed E-state index contributed by atoms with van der Waals surface area (Å²) in [4.78, 5) is 0. The third-order valence-corrected chi connectivity index (χ3v) is 4.55. The Morgan fingerprint density at radius 1 is 1.41 bits per heavy atom. The van der Waals surface area contributed by atoms with E-state index in [1.54, 1.807) is 19.1 Å². The van der Waals surface area contributed by atoms with Crippen LogP contribution in [-0.2, 0) is 9.84 Å². The van der Waals surface area contributed by atoms with Gasteiger partial charge in [-0.1, -0.05) is 18.5 Å². The summed E-state index contributed by atoms with van der Waals surface area (Å²) in [7, 11) is -2.94. The summed E-state index contributed by atoms with van der Waals surface area (Å²) < 4.78 is 22.6. The quantitative estimate of drug-likeness (QED) is 0.808. The maximum atomic E-state index is 11.3. The molecule has 0 fully saturated rings. The van der Waals surface area contributed by atoms with E-state index in [-0.39, 0.29) is 11.5 Å². The summed E-state index contributed by atoms with van der Waals surface area (Å²) in [5, 5.41) is 3.52. The molecule has 0 aliphatic heterocycles. The van der Waals surface area contributed by atoms with Gasteiger partial charge in [-0.25, -0.2) is 8.42 Å². The topological polar surface area (TPSA) is 72.2 Å². The van der Waals surface area contributed by atoms with Crippen LogP contribution in [0.25, 0.3) is 0 Å². The van der Waals surface area contributed by atoms with Gasteiger partial charge in [-0.2, -0.15) is 0 Å². The molecule has 0 saturated carbocycles. The first-order chi connectivity index (χ1) is 7.85. The Morgan fingerprint density at radius 3 is 2.65 bits per heavy atom. The molecule has 1 aromatic rings. The van der Waals surface area contributed by atoms with Crippen LogP contribution >= 0.6 is 11.6 Å². The van der Waals surface area contributed by atoms with E-state index in [1.807, 2.05) is 6.92 Å². The van der Waals surface area contributed by atoms with Crippen molar-refractivity contribution in [2.24, 2.45) is 0 Å². The fraction of sp³-hybridized carbons (Fsp3) is 0.455. The van der Waals surface area contributed by atoms with E-state index < -0.39 is 9.84 Å². The molecule has 4 nitrogen and oxygen atoms in total. The molecule has 3 N–H and O–H groups in total. The fourth-order valence-electron chi connectivity index (χ4n) is 1.38. The Hall–Kier alpha value is -0.940. The average molecular weight is 277 g/mol. The Morgan fingerprint density at radius 2 is 2.06 bits per heavy atom. The molecule has 96 valence electrons. The minimum Gasteiger partial charge on any atom is -0.398 e. The lowest BCUT2D eigenvalue weighted by Gasteiger charge is -2.11. The van der Waals surface area contributed by atoms with E-state index in [2.05, 4.69) is 5.32 Å². The average Bonchev–Trinajstić information content (AvgIpc) is 2.25. The van der Waals surface area contributed by atoms with Gasteiger partial charge in [-0.15, -0.1) is 0 Å². The molecule has 1 aromatic carbocycles. The van der Waals surface area contributed by atoms with Crippen molar-refractivity contribution in [2.45, 2.75) is 13.8 Å². The summed E-state index contributed by atoms with van der Waals surface area (Å²) >= 11 is 5.90. The van der Waals surface area contributed by atoms with Gasteiger partial charge >= 0.3 is 0 Å². The SMILES string of the molecule is CCS(=O)(=O)CCNc1cc(Cl)c(N)cc1C. The first kappa shape index (κ1) is 14.1. The second-order valence-electron chi connectivity index (χ2n) is 3.85. The number of benzene rings is 1. The summed E-state index contributed by atoms with van der Waals surface area (Å²) in [6.45, 7) is 3.90. The van der Waals surface area contributed by atoms with Gasteiger partial charge in [0.1, 0.15) is 0 Å². The molecule has 0 radical (unpaired) electrons. The number of nitrogens with two attached hydrogens (primary N) is 1. The number of anilines is 2. The number of sulfone groups is 1. The molecule has 0 bridgehead atoms. The van der Waals surface area contributed by atoms with Gasteiger partial charge in [0, 0.05) is 18.0 Å². The highest BCUT2D eigenvalue weighted by molar-refractivity contribution is 7.91. The Labute approximate surface area is 107 Å². The first-order valence-electron chi connectivity index (χ1n) is 5.35. The van der Waals surface area contributed by atoms with Gasteiger partial charge in [0.25, 0.3) is 0 Å². The van der Waals surface area contributed by atoms with Gasteiger partial charge < -0.3 is 11.1 Å². The minimum atomic E-state index is -2.94. The predicted octanol–water partition coefficient (Wildman–Crippen LogP) is 2.08. The molecule has 0 saturated heterocycles. The van der Waals surface area contributed by atoms with Crippen LogP contribution in [0.1, 0.15) is 12.5 Å². The summed E-state index contributed by atoms with van der Waals surface area (Å²) in [5.74, 6) is 0.279. The number of hydrogen-bond donors (Lipinski definition) is 2. The van der Waals surface area contributed by atoms with Gasteiger partial charge in [0.2, 0.25) is 0 Å². The van der Waals surface area contributed by atoms with Crippen LogP contribution in [-0.4, -0.2) is 26.5 Å². The number of nitrogens with one attached hydrogen (secondary N) is 1. The van der Waals surface area contributed by atoms with Crippen LogP contribution < -0.4 is 11.1 Å². The number of hydrogen-bond acceptors (Lipinski definition) is 4. The van der Waals surface area contributed by atoms with Crippen LogP contribution in [0, 0.1) is 6.92 Å². The molecular weight excluding hydrogens is 260 g/mol. The summed E-state index contributed by atoms with van der Waals surface area (Å²) in [6.07, 6.45) is 0. The van der Waals surface area contributed by atoms with Crippen molar-refractivity contribution in [1.82, 2.24) is 0 Å². The lowest BCUT2D eigenvalue weighted by atomic mass is 10.2. The van der Waals surface area contributed by atoms with E-state index in [1.165, 1.54) is 0 Å². The van der Waals surface area contributed by atoms with Crippen molar-refractivity contribution in [3.05, 3.63) is 22.7 Å². The molecular formula is C11H17ClN2O2S. The number of aryl methyl sites for hydroxylation is 1. The standard InChI is InChI=1S/C11H17ClN2O2S/c1-3-17(15,16)5-4-14-11-7-9(12)10(13)6-8(11)2/h6-7,14H,3-5,13H2,1-2H3. The maximum Gasteiger partial charge on any atom is 0.151 e. The van der Waals surface area contributed by atoms with Crippen LogP contribution in [0.5, 0.6) is 0 Å². The van der Waals surface area contributed by atoms with Crippen LogP contribution in [0.15, 0.2) is 12.1 Å². The van der Waals surface area contributed by atoms with Crippen molar-refractivity contribution < 1.29 is 8.42 Å². The Balaban J connectivity index is 2.68. The largest absolute Gasteiger partial charge is 0.398 e. The molecule has 0 unspecified atom stereocenters. The lowest BCUT2D eigenvalue weighted by Crippen LogP contribution is -2.17. The first-order valence-corrected chi connectivity index (χ1v) is 7.55. The smallest absolute Gasteiger partial charge is 0.151 e. The lowest BCUT2D eigenvalue weighted by molar-refractivity contribution is 0.597. The zero-order chi connectivity index (χ0) is 13.1. The maximum absolute atomic E-state index is 11.3. The molecule has 0 atom stereocenters. The highest BCUT2D eigenvalue weighted by Gasteiger charge is 2.08. The Kier molecular flexibility index (Phi) is 4.65. The zero-order valence-electron chi connectivity index (χ0n) is 9.96. The van der Waals surface area contributed by atoms with Gasteiger partial charge in [0.05, 0.1) is 16.5 Å². The van der Waals surface area contributed by atoms with E-state index >= 15 is 0 Å². The Bertz CT molecular complexity index is 500. The van der Waals surface area contributed by atoms with E-state index in [4.69, 9.17) is 17.3 Å². The fourth-order valence-corrected chi connectivity index (χ4v) is 2.25. The molecule has 6 heteroatoms. The van der Waals surface area contributed by atoms with Crippen molar-refractivity contribution in [3.8, 4) is 0 Å². The van der Waals surface area contributed by atoms with Crippen molar-refractivity contribution in [3.63, 3.8) is 0 Å². The summed E-state index contributed by atoms with van der Waals surface area (Å²) in [6, 6.07) is 3.48. The van der Waals surface area contributed by atoms with Crippen molar-refractivity contribution in [1.29, 1.82) is 0 Å². The summed E-state index contributed by atoms with van der Waals surface area (Å²) in [5.41, 5.74) is 7.94. The number of nitrogen functional groups attached to an aromatic ring is 1. The predicted molar refractivity (Wildman–Crippen MR) is 73.4 cm³/mol. The third kappa shape index (κ3) is 4.09. The molecule has 0 amide bonds. The molecule has 0 spiro atoms. The minimum absolute atomic E-state index is 0.116. The van der Waals surface area contributed by atoms with Gasteiger partial charge in [-0.05, 0) is 24.6 Å². The monoisotopic (exact) mass is 276 g/mol. The highest BCUT2D eigenvalue weighted by atomic mass is 35.5.